The summed E-state index contributed by atoms with van der Waals surface area (Å²) in [5.74, 6) is 1.10. The molecule has 1 aliphatic heterocycles. The predicted octanol–water partition coefficient (Wildman–Crippen LogP) is 1.10. The summed E-state index contributed by atoms with van der Waals surface area (Å²) in [7, 11) is 1.57. The van der Waals surface area contributed by atoms with E-state index in [9.17, 15) is 4.79 Å². The summed E-state index contributed by atoms with van der Waals surface area (Å²) in [4.78, 5) is 18.6. The average Bonchev–Trinajstić information content (AvgIpc) is 2.91. The van der Waals surface area contributed by atoms with E-state index in [0.29, 0.717) is 35.6 Å². The lowest BCUT2D eigenvalue weighted by atomic mass is 10.2. The SMILES string of the molecule is COc1cc(OC2CCOC2)c2c(=O)[nH]cnc2c1. The van der Waals surface area contributed by atoms with Gasteiger partial charge in [0.05, 0.1) is 32.2 Å². The van der Waals surface area contributed by atoms with Gasteiger partial charge in [-0.05, 0) is 0 Å². The zero-order valence-electron chi connectivity index (χ0n) is 10.5. The molecule has 2 aromatic rings. The predicted molar refractivity (Wildman–Crippen MR) is 68.8 cm³/mol. The lowest BCUT2D eigenvalue weighted by Gasteiger charge is -2.14. The molecule has 1 aliphatic rings. The van der Waals surface area contributed by atoms with Crippen molar-refractivity contribution in [3.05, 3.63) is 28.8 Å². The molecule has 0 spiro atoms. The van der Waals surface area contributed by atoms with Gasteiger partial charge in [0.2, 0.25) is 0 Å². The number of aromatic nitrogens is 2. The number of rotatable bonds is 3. The molecule has 1 aromatic heterocycles. The van der Waals surface area contributed by atoms with Crippen molar-refractivity contribution in [2.24, 2.45) is 0 Å². The summed E-state index contributed by atoms with van der Waals surface area (Å²) in [5.41, 5.74) is 0.332. The molecule has 1 saturated heterocycles. The van der Waals surface area contributed by atoms with Gasteiger partial charge in [-0.15, -0.1) is 0 Å². The quantitative estimate of drug-likeness (QED) is 0.896. The highest BCUT2D eigenvalue weighted by molar-refractivity contribution is 5.85. The Morgan fingerprint density at radius 2 is 2.37 bits per heavy atom. The fourth-order valence-electron chi connectivity index (χ4n) is 2.14. The fourth-order valence-corrected chi connectivity index (χ4v) is 2.14. The maximum absolute atomic E-state index is 11.9. The van der Waals surface area contributed by atoms with E-state index in [1.807, 2.05) is 0 Å². The number of ether oxygens (including phenoxy) is 3. The largest absolute Gasteiger partial charge is 0.497 e. The summed E-state index contributed by atoms with van der Waals surface area (Å²) in [5, 5.41) is 0.440. The van der Waals surface area contributed by atoms with Crippen LogP contribution in [0.4, 0.5) is 0 Å². The van der Waals surface area contributed by atoms with Crippen LogP contribution in [0.2, 0.25) is 0 Å². The first-order valence-corrected chi connectivity index (χ1v) is 6.08. The van der Waals surface area contributed by atoms with E-state index in [1.54, 1.807) is 19.2 Å². The highest BCUT2D eigenvalue weighted by atomic mass is 16.5. The van der Waals surface area contributed by atoms with E-state index in [4.69, 9.17) is 14.2 Å². The van der Waals surface area contributed by atoms with E-state index < -0.39 is 0 Å². The zero-order valence-corrected chi connectivity index (χ0v) is 10.5. The van der Waals surface area contributed by atoms with Crippen LogP contribution in [0.15, 0.2) is 23.3 Å². The number of benzene rings is 1. The van der Waals surface area contributed by atoms with Crippen LogP contribution in [0, 0.1) is 0 Å². The molecule has 0 saturated carbocycles. The first kappa shape index (κ1) is 12.0. The molecule has 19 heavy (non-hydrogen) atoms. The fraction of sp³-hybridized carbons (Fsp3) is 0.385. The van der Waals surface area contributed by atoms with Gasteiger partial charge in [-0.1, -0.05) is 0 Å². The average molecular weight is 262 g/mol. The van der Waals surface area contributed by atoms with Gasteiger partial charge in [-0.3, -0.25) is 4.79 Å². The first-order valence-electron chi connectivity index (χ1n) is 6.08. The second kappa shape index (κ2) is 4.89. The van der Waals surface area contributed by atoms with Gasteiger partial charge >= 0.3 is 0 Å². The smallest absolute Gasteiger partial charge is 0.262 e. The van der Waals surface area contributed by atoms with Crippen molar-refractivity contribution in [2.75, 3.05) is 20.3 Å². The minimum absolute atomic E-state index is 0.0325. The van der Waals surface area contributed by atoms with Crippen molar-refractivity contribution in [3.8, 4) is 11.5 Å². The summed E-state index contributed by atoms with van der Waals surface area (Å²) >= 11 is 0. The summed E-state index contributed by atoms with van der Waals surface area (Å²) in [6.45, 7) is 1.22. The van der Waals surface area contributed by atoms with Crippen LogP contribution in [0.3, 0.4) is 0 Å². The Labute approximate surface area is 109 Å². The Morgan fingerprint density at radius 1 is 1.47 bits per heavy atom. The molecule has 0 radical (unpaired) electrons. The summed E-state index contributed by atoms with van der Waals surface area (Å²) in [6.07, 6.45) is 2.15. The molecule has 1 unspecified atom stereocenters. The lowest BCUT2D eigenvalue weighted by Crippen LogP contribution is -2.18. The monoisotopic (exact) mass is 262 g/mol. The number of methoxy groups -OCH3 is 1. The van der Waals surface area contributed by atoms with Crippen LogP contribution in [0.1, 0.15) is 6.42 Å². The molecule has 3 rings (SSSR count). The number of nitrogens with zero attached hydrogens (tertiary/aromatic N) is 1. The molecule has 0 aliphatic carbocycles. The number of fused-ring (bicyclic) bond motifs is 1. The van der Waals surface area contributed by atoms with Gasteiger partial charge in [0.15, 0.2) is 0 Å². The third kappa shape index (κ3) is 2.26. The van der Waals surface area contributed by atoms with Crippen LogP contribution >= 0.6 is 0 Å². The van der Waals surface area contributed by atoms with Gasteiger partial charge in [0.1, 0.15) is 23.0 Å². The first-order chi connectivity index (χ1) is 9.28. The maximum Gasteiger partial charge on any atom is 0.262 e. The topological polar surface area (TPSA) is 73.4 Å². The molecule has 0 bridgehead atoms. The van der Waals surface area contributed by atoms with E-state index in [2.05, 4.69) is 9.97 Å². The number of hydrogen-bond acceptors (Lipinski definition) is 5. The number of H-pyrrole nitrogens is 1. The molecule has 1 atom stereocenters. The lowest BCUT2D eigenvalue weighted by molar-refractivity contribution is 0.142. The minimum atomic E-state index is -0.221. The van der Waals surface area contributed by atoms with Gasteiger partial charge in [0, 0.05) is 18.6 Å². The van der Waals surface area contributed by atoms with E-state index in [-0.39, 0.29) is 11.7 Å². The van der Waals surface area contributed by atoms with E-state index in [1.165, 1.54) is 6.33 Å². The number of nitrogens with one attached hydrogen (secondary N) is 1. The van der Waals surface area contributed by atoms with Gasteiger partial charge in [-0.2, -0.15) is 0 Å². The molecule has 100 valence electrons. The van der Waals surface area contributed by atoms with Crippen LogP contribution in [-0.2, 0) is 4.74 Å². The Balaban J connectivity index is 2.11. The summed E-state index contributed by atoms with van der Waals surface area (Å²) < 4.78 is 16.3. The van der Waals surface area contributed by atoms with Crippen LogP contribution in [-0.4, -0.2) is 36.4 Å². The third-order valence-electron chi connectivity index (χ3n) is 3.10. The molecule has 1 fully saturated rings. The Kier molecular flexibility index (Phi) is 3.08. The molecule has 6 nitrogen and oxygen atoms in total. The number of aromatic amines is 1. The molecule has 0 amide bonds. The van der Waals surface area contributed by atoms with E-state index in [0.717, 1.165) is 6.42 Å². The molecule has 6 heteroatoms. The highest BCUT2D eigenvalue weighted by Crippen LogP contribution is 2.29. The second-order valence-electron chi connectivity index (χ2n) is 4.35. The van der Waals surface area contributed by atoms with Crippen molar-refractivity contribution in [1.82, 2.24) is 9.97 Å². The van der Waals surface area contributed by atoms with E-state index >= 15 is 0 Å². The van der Waals surface area contributed by atoms with Crippen molar-refractivity contribution in [3.63, 3.8) is 0 Å². The minimum Gasteiger partial charge on any atom is -0.497 e. The summed E-state index contributed by atoms with van der Waals surface area (Å²) in [6, 6.07) is 3.42. The Bertz CT molecular complexity index is 647. The van der Waals surface area contributed by atoms with Crippen molar-refractivity contribution < 1.29 is 14.2 Å². The third-order valence-corrected chi connectivity index (χ3v) is 3.10. The van der Waals surface area contributed by atoms with Gasteiger partial charge in [-0.25, -0.2) is 4.98 Å². The van der Waals surface area contributed by atoms with Crippen molar-refractivity contribution >= 4 is 10.9 Å². The number of hydrogen-bond donors (Lipinski definition) is 1. The Morgan fingerprint density at radius 3 is 3.11 bits per heavy atom. The molecule has 2 heterocycles. The highest BCUT2D eigenvalue weighted by Gasteiger charge is 2.20. The molecule has 1 aromatic carbocycles. The molecular weight excluding hydrogens is 248 g/mol. The normalized spacial score (nSPS) is 18.7. The Hall–Kier alpha value is -2.08. The second-order valence-corrected chi connectivity index (χ2v) is 4.35. The standard InChI is InChI=1S/C13H14N2O4/c1-17-9-4-10-12(13(16)15-7-14-10)11(5-9)19-8-2-3-18-6-8/h4-5,7-8H,2-3,6H2,1H3,(H,14,15,16). The van der Waals surface area contributed by atoms with Crippen LogP contribution in [0.25, 0.3) is 10.9 Å². The zero-order chi connectivity index (χ0) is 13.2. The maximum atomic E-state index is 11.9. The van der Waals surface area contributed by atoms with Crippen molar-refractivity contribution in [2.45, 2.75) is 12.5 Å². The van der Waals surface area contributed by atoms with Gasteiger partial charge in [0.25, 0.3) is 5.56 Å². The van der Waals surface area contributed by atoms with Crippen LogP contribution in [0.5, 0.6) is 11.5 Å². The molecular formula is C13H14N2O4. The van der Waals surface area contributed by atoms with Crippen molar-refractivity contribution in [1.29, 1.82) is 0 Å². The van der Waals surface area contributed by atoms with Gasteiger partial charge < -0.3 is 19.2 Å². The molecule has 1 N–H and O–H groups in total. The van der Waals surface area contributed by atoms with Crippen LogP contribution < -0.4 is 15.0 Å².